The summed E-state index contributed by atoms with van der Waals surface area (Å²) in [6, 6.07) is 7.83. The molecule has 0 N–H and O–H groups in total. The molecular formula is C9H7N2. The van der Waals surface area contributed by atoms with Gasteiger partial charge in [0.15, 0.2) is 0 Å². The van der Waals surface area contributed by atoms with Crippen LogP contribution in [-0.4, -0.2) is 9.97 Å². The van der Waals surface area contributed by atoms with Gasteiger partial charge in [0.1, 0.15) is 12.0 Å². The Kier molecular flexibility index (Phi) is 1.32. The van der Waals surface area contributed by atoms with Crippen LogP contribution < -0.4 is 0 Å². The third-order valence-electron chi connectivity index (χ3n) is 1.52. The molecule has 1 aromatic carbocycles. The van der Waals surface area contributed by atoms with Crippen LogP contribution in [0.1, 0.15) is 5.82 Å². The van der Waals surface area contributed by atoms with Crippen molar-refractivity contribution in [1.82, 2.24) is 9.97 Å². The number of nitrogens with zero attached hydrogens (tertiary/aromatic N) is 2. The maximum absolute atomic E-state index is 4.23. The maximum atomic E-state index is 4.23. The van der Waals surface area contributed by atoms with E-state index >= 15 is 0 Å². The monoisotopic (exact) mass is 143 g/mol. The fourth-order valence-electron chi connectivity index (χ4n) is 1.01. The summed E-state index contributed by atoms with van der Waals surface area (Å²) >= 11 is 0. The molecule has 0 aliphatic heterocycles. The number of benzene rings is 1. The predicted molar refractivity (Wildman–Crippen MR) is 43.1 cm³/mol. The van der Waals surface area contributed by atoms with E-state index in [0.717, 1.165) is 16.7 Å². The molecular weight excluding hydrogens is 136 g/mol. The third kappa shape index (κ3) is 1.07. The molecule has 2 rings (SSSR count). The van der Waals surface area contributed by atoms with Crippen molar-refractivity contribution in [2.24, 2.45) is 0 Å². The van der Waals surface area contributed by atoms with E-state index < -0.39 is 0 Å². The normalized spacial score (nSPS) is 10.3. The van der Waals surface area contributed by atoms with Crippen LogP contribution in [-0.2, 0) is 0 Å². The van der Waals surface area contributed by atoms with E-state index in [1.54, 1.807) is 0 Å². The van der Waals surface area contributed by atoms with Gasteiger partial charge in [-0.15, -0.1) is 0 Å². The van der Waals surface area contributed by atoms with Crippen LogP contribution in [0.15, 0.2) is 24.3 Å². The number of rotatable bonds is 0. The number of aryl methyl sites for hydroxylation is 1. The minimum Gasteiger partial charge on any atom is -0.233 e. The Bertz CT molecular complexity index is 382. The molecule has 1 aromatic heterocycles. The Labute approximate surface area is 64.9 Å². The zero-order chi connectivity index (χ0) is 7.68. The summed E-state index contributed by atoms with van der Waals surface area (Å²) in [5, 5.41) is 0.970. The Morgan fingerprint density at radius 3 is 3.00 bits per heavy atom. The summed E-state index contributed by atoms with van der Waals surface area (Å²) in [7, 11) is 0. The average Bonchev–Trinajstić information content (AvgIpc) is 2.04. The lowest BCUT2D eigenvalue weighted by atomic mass is 10.2. The van der Waals surface area contributed by atoms with Crippen LogP contribution in [0.4, 0.5) is 0 Å². The van der Waals surface area contributed by atoms with Crippen LogP contribution in [0.5, 0.6) is 0 Å². The number of hydrogen-bond donors (Lipinski definition) is 0. The summed E-state index contributed by atoms with van der Waals surface area (Å²) in [6.45, 7) is 1.86. The molecule has 1 radical (unpaired) electrons. The SMILES string of the molecule is Cc1n[c]c2ccccc2n1. The Morgan fingerprint density at radius 2 is 2.09 bits per heavy atom. The molecule has 0 fully saturated rings. The lowest BCUT2D eigenvalue weighted by molar-refractivity contribution is 1.09. The van der Waals surface area contributed by atoms with Gasteiger partial charge in [0, 0.05) is 5.39 Å². The van der Waals surface area contributed by atoms with Gasteiger partial charge in [-0.3, -0.25) is 0 Å². The van der Waals surface area contributed by atoms with Gasteiger partial charge < -0.3 is 0 Å². The largest absolute Gasteiger partial charge is 0.233 e. The van der Waals surface area contributed by atoms with Gasteiger partial charge in [0.25, 0.3) is 0 Å². The topological polar surface area (TPSA) is 25.8 Å². The molecule has 0 unspecified atom stereocenters. The predicted octanol–water partition coefficient (Wildman–Crippen LogP) is 1.74. The van der Waals surface area contributed by atoms with Crippen LogP contribution in [0, 0.1) is 13.1 Å². The number of fused-ring (bicyclic) bond motifs is 1. The molecule has 2 heteroatoms. The molecule has 0 amide bonds. The quantitative estimate of drug-likeness (QED) is 0.561. The summed E-state index contributed by atoms with van der Waals surface area (Å²) in [6.07, 6.45) is 2.91. The van der Waals surface area contributed by atoms with Gasteiger partial charge in [0.2, 0.25) is 0 Å². The summed E-state index contributed by atoms with van der Waals surface area (Å²) in [4.78, 5) is 8.20. The molecule has 53 valence electrons. The zero-order valence-corrected chi connectivity index (χ0v) is 6.20. The van der Waals surface area contributed by atoms with Crippen molar-refractivity contribution in [3.05, 3.63) is 36.3 Å². The molecule has 0 aliphatic carbocycles. The highest BCUT2D eigenvalue weighted by atomic mass is 14.9. The molecule has 1 heterocycles. The van der Waals surface area contributed by atoms with E-state index in [1.165, 1.54) is 0 Å². The third-order valence-corrected chi connectivity index (χ3v) is 1.52. The number of para-hydroxylation sites is 1. The van der Waals surface area contributed by atoms with Crippen LogP contribution in [0.25, 0.3) is 10.9 Å². The van der Waals surface area contributed by atoms with Gasteiger partial charge in [-0.05, 0) is 13.0 Å². The van der Waals surface area contributed by atoms with E-state index in [0.29, 0.717) is 0 Å². The smallest absolute Gasteiger partial charge is 0.126 e. The van der Waals surface area contributed by atoms with Crippen molar-refractivity contribution in [2.45, 2.75) is 6.92 Å². The van der Waals surface area contributed by atoms with E-state index in [9.17, 15) is 0 Å². The highest BCUT2D eigenvalue weighted by Gasteiger charge is 1.93. The molecule has 0 atom stereocenters. The van der Waals surface area contributed by atoms with Crippen molar-refractivity contribution in [3.8, 4) is 0 Å². The highest BCUT2D eigenvalue weighted by molar-refractivity contribution is 5.76. The standard InChI is InChI=1S/C9H7N2/c1-7-10-6-8-4-2-3-5-9(8)11-7/h2-5H,1H3. The van der Waals surface area contributed by atoms with Gasteiger partial charge in [-0.1, -0.05) is 18.2 Å². The second-order valence-electron chi connectivity index (χ2n) is 2.40. The number of hydrogen-bond acceptors (Lipinski definition) is 2. The minimum atomic E-state index is 0.767. The molecule has 0 spiro atoms. The summed E-state index contributed by atoms with van der Waals surface area (Å²) in [5.41, 5.74) is 0.958. The highest BCUT2D eigenvalue weighted by Crippen LogP contribution is 2.07. The fourth-order valence-corrected chi connectivity index (χ4v) is 1.01. The first-order chi connectivity index (χ1) is 5.36. The maximum Gasteiger partial charge on any atom is 0.126 e. The average molecular weight is 143 g/mol. The van der Waals surface area contributed by atoms with E-state index in [1.807, 2.05) is 31.2 Å². The van der Waals surface area contributed by atoms with Crippen molar-refractivity contribution >= 4 is 10.9 Å². The zero-order valence-electron chi connectivity index (χ0n) is 6.20. The van der Waals surface area contributed by atoms with Gasteiger partial charge in [-0.2, -0.15) is 0 Å². The minimum absolute atomic E-state index is 0.767. The first kappa shape index (κ1) is 6.28. The second kappa shape index (κ2) is 2.31. The van der Waals surface area contributed by atoms with Crippen molar-refractivity contribution in [3.63, 3.8) is 0 Å². The van der Waals surface area contributed by atoms with Crippen LogP contribution in [0.2, 0.25) is 0 Å². The molecule has 0 saturated heterocycles. The lowest BCUT2D eigenvalue weighted by Crippen LogP contribution is -1.86. The molecule has 0 aliphatic rings. The summed E-state index contributed by atoms with van der Waals surface area (Å²) in [5.74, 6) is 0.767. The van der Waals surface area contributed by atoms with Crippen LogP contribution in [0.3, 0.4) is 0 Å². The van der Waals surface area contributed by atoms with E-state index in [2.05, 4.69) is 16.2 Å². The molecule has 2 aromatic rings. The Balaban J connectivity index is 2.83. The molecule has 0 saturated carbocycles. The van der Waals surface area contributed by atoms with Crippen molar-refractivity contribution < 1.29 is 0 Å². The van der Waals surface area contributed by atoms with Gasteiger partial charge >= 0.3 is 0 Å². The van der Waals surface area contributed by atoms with Crippen molar-refractivity contribution in [1.29, 1.82) is 0 Å². The first-order valence-corrected chi connectivity index (χ1v) is 3.47. The molecule has 2 nitrogen and oxygen atoms in total. The Morgan fingerprint density at radius 1 is 1.27 bits per heavy atom. The molecule has 11 heavy (non-hydrogen) atoms. The van der Waals surface area contributed by atoms with Crippen LogP contribution >= 0.6 is 0 Å². The summed E-state index contributed by atoms with van der Waals surface area (Å²) < 4.78 is 0. The van der Waals surface area contributed by atoms with E-state index in [4.69, 9.17) is 0 Å². The number of aromatic nitrogens is 2. The lowest BCUT2D eigenvalue weighted by Gasteiger charge is -1.94. The fraction of sp³-hybridized carbons (Fsp3) is 0.111. The first-order valence-electron chi connectivity index (χ1n) is 3.47. The van der Waals surface area contributed by atoms with Gasteiger partial charge in [-0.25, -0.2) is 9.97 Å². The van der Waals surface area contributed by atoms with Gasteiger partial charge in [0.05, 0.1) is 5.52 Å². The van der Waals surface area contributed by atoms with Crippen molar-refractivity contribution in [2.75, 3.05) is 0 Å². The molecule has 0 bridgehead atoms. The second-order valence-corrected chi connectivity index (χ2v) is 2.40. The Hall–Kier alpha value is -1.44. The van der Waals surface area contributed by atoms with E-state index in [-0.39, 0.29) is 0 Å².